The number of sulfone groups is 1. The van der Waals surface area contributed by atoms with Crippen LogP contribution in [-0.2, 0) is 19.9 Å². The van der Waals surface area contributed by atoms with Gasteiger partial charge in [0.2, 0.25) is 10.0 Å². The van der Waals surface area contributed by atoms with Crippen molar-refractivity contribution in [3.05, 3.63) is 18.5 Å². The van der Waals surface area contributed by atoms with Gasteiger partial charge in [0.15, 0.2) is 9.84 Å². The van der Waals surface area contributed by atoms with Crippen LogP contribution in [0.15, 0.2) is 23.4 Å². The summed E-state index contributed by atoms with van der Waals surface area (Å²) < 4.78 is 49.6. The van der Waals surface area contributed by atoms with E-state index < -0.39 is 25.9 Å². The lowest BCUT2D eigenvalue weighted by Gasteiger charge is -2.32. The number of pyridine rings is 1. The molecule has 1 aromatic rings. The maximum atomic E-state index is 12.6. The quantitative estimate of drug-likeness (QED) is 0.838. The van der Waals surface area contributed by atoms with Gasteiger partial charge in [0.1, 0.15) is 4.90 Å². The lowest BCUT2D eigenvalue weighted by Crippen LogP contribution is -2.49. The summed E-state index contributed by atoms with van der Waals surface area (Å²) in [6.07, 6.45) is 2.77. The van der Waals surface area contributed by atoms with Crippen LogP contribution in [0.4, 0.5) is 5.69 Å². The lowest BCUT2D eigenvalue weighted by atomic mass is 10.4. The Bertz CT molecular complexity index is 700. The van der Waals surface area contributed by atoms with Crippen molar-refractivity contribution in [2.24, 2.45) is 0 Å². The molecule has 0 aromatic carbocycles. The van der Waals surface area contributed by atoms with E-state index in [2.05, 4.69) is 10.3 Å². The highest BCUT2D eigenvalue weighted by Gasteiger charge is 2.37. The molecule has 0 radical (unpaired) electrons. The molecule has 7 nitrogen and oxygen atoms in total. The zero-order valence-electron chi connectivity index (χ0n) is 11.3. The van der Waals surface area contributed by atoms with Crippen molar-refractivity contribution >= 4 is 25.5 Å². The standard InChI is InChI=1S/C11H17N3O4S2/c1-9-8-19(15,16)6-5-14(9)20(17,18)11-7-13-4-3-10(11)12-2/h3-4,7,9H,5-6,8H2,1-2H3,(H,12,13). The highest BCUT2D eigenvalue weighted by atomic mass is 32.2. The van der Waals surface area contributed by atoms with E-state index in [9.17, 15) is 16.8 Å². The average molecular weight is 319 g/mol. The molecule has 1 aliphatic rings. The summed E-state index contributed by atoms with van der Waals surface area (Å²) in [6.45, 7) is 1.58. The van der Waals surface area contributed by atoms with Gasteiger partial charge in [-0.2, -0.15) is 4.31 Å². The maximum Gasteiger partial charge on any atom is 0.246 e. The second-order valence-corrected chi connectivity index (χ2v) is 8.79. The van der Waals surface area contributed by atoms with Gasteiger partial charge in [-0.25, -0.2) is 16.8 Å². The monoisotopic (exact) mass is 319 g/mol. The minimum atomic E-state index is -3.76. The van der Waals surface area contributed by atoms with Crippen LogP contribution in [0.3, 0.4) is 0 Å². The third kappa shape index (κ3) is 2.79. The fourth-order valence-corrected chi connectivity index (χ4v) is 5.80. The molecule has 1 unspecified atom stereocenters. The summed E-state index contributed by atoms with van der Waals surface area (Å²) >= 11 is 0. The summed E-state index contributed by atoms with van der Waals surface area (Å²) in [4.78, 5) is 3.91. The van der Waals surface area contributed by atoms with Gasteiger partial charge in [-0.3, -0.25) is 4.98 Å². The largest absolute Gasteiger partial charge is 0.387 e. The van der Waals surface area contributed by atoms with Gasteiger partial charge in [0.25, 0.3) is 0 Å². The summed E-state index contributed by atoms with van der Waals surface area (Å²) in [7, 11) is -5.30. The van der Waals surface area contributed by atoms with Gasteiger partial charge in [-0.15, -0.1) is 0 Å². The molecule has 1 atom stereocenters. The van der Waals surface area contributed by atoms with Crippen molar-refractivity contribution in [1.29, 1.82) is 0 Å². The van der Waals surface area contributed by atoms with Gasteiger partial charge in [-0.1, -0.05) is 0 Å². The number of hydrogen-bond acceptors (Lipinski definition) is 6. The van der Waals surface area contributed by atoms with E-state index in [0.717, 1.165) is 0 Å². The normalized spacial score (nSPS) is 23.4. The number of anilines is 1. The van der Waals surface area contributed by atoms with E-state index in [1.807, 2.05) is 0 Å². The highest BCUT2D eigenvalue weighted by molar-refractivity contribution is 7.92. The van der Waals surface area contributed by atoms with Crippen molar-refractivity contribution in [1.82, 2.24) is 9.29 Å². The molecular formula is C11H17N3O4S2. The van der Waals surface area contributed by atoms with Crippen LogP contribution in [-0.4, -0.2) is 57.3 Å². The first-order valence-corrected chi connectivity index (χ1v) is 9.38. The molecule has 0 amide bonds. The highest BCUT2D eigenvalue weighted by Crippen LogP contribution is 2.26. The zero-order chi connectivity index (χ0) is 15.0. The second-order valence-electron chi connectivity index (χ2n) is 4.70. The van der Waals surface area contributed by atoms with E-state index in [4.69, 9.17) is 0 Å². The van der Waals surface area contributed by atoms with E-state index in [0.29, 0.717) is 5.69 Å². The first-order valence-electron chi connectivity index (χ1n) is 6.12. The lowest BCUT2D eigenvalue weighted by molar-refractivity contribution is 0.357. The van der Waals surface area contributed by atoms with Gasteiger partial charge in [0.05, 0.1) is 17.2 Å². The maximum absolute atomic E-state index is 12.6. The number of hydrogen-bond donors (Lipinski definition) is 1. The van der Waals surface area contributed by atoms with Crippen LogP contribution in [0.2, 0.25) is 0 Å². The minimum Gasteiger partial charge on any atom is -0.387 e. The zero-order valence-corrected chi connectivity index (χ0v) is 12.9. The summed E-state index contributed by atoms with van der Waals surface area (Å²) in [5.41, 5.74) is 0.445. The Balaban J connectivity index is 2.41. The topological polar surface area (TPSA) is 96.4 Å². The summed E-state index contributed by atoms with van der Waals surface area (Å²) in [5.74, 6) is -0.299. The van der Waals surface area contributed by atoms with E-state index in [1.54, 1.807) is 20.0 Å². The third-order valence-electron chi connectivity index (χ3n) is 3.25. The number of rotatable bonds is 3. The Morgan fingerprint density at radius 3 is 2.75 bits per heavy atom. The Morgan fingerprint density at radius 2 is 2.15 bits per heavy atom. The predicted octanol–water partition coefficient (Wildman–Crippen LogP) is -0.0691. The molecule has 9 heteroatoms. The van der Waals surface area contributed by atoms with Gasteiger partial charge in [-0.05, 0) is 13.0 Å². The molecule has 0 spiro atoms. The van der Waals surface area contributed by atoms with Crippen molar-refractivity contribution in [2.75, 3.05) is 30.4 Å². The van der Waals surface area contributed by atoms with Crippen LogP contribution < -0.4 is 5.32 Å². The van der Waals surface area contributed by atoms with Gasteiger partial charge >= 0.3 is 0 Å². The Labute approximate surface area is 119 Å². The molecule has 112 valence electrons. The molecule has 0 bridgehead atoms. The Morgan fingerprint density at radius 1 is 1.45 bits per heavy atom. The molecule has 1 aliphatic heterocycles. The Hall–Kier alpha value is -1.19. The fraction of sp³-hybridized carbons (Fsp3) is 0.545. The second kappa shape index (κ2) is 5.30. The van der Waals surface area contributed by atoms with Gasteiger partial charge in [0, 0.05) is 32.0 Å². The number of aromatic nitrogens is 1. The molecule has 1 fully saturated rings. The van der Waals surface area contributed by atoms with Crippen LogP contribution in [0.1, 0.15) is 6.92 Å². The predicted molar refractivity (Wildman–Crippen MR) is 75.8 cm³/mol. The third-order valence-corrected chi connectivity index (χ3v) is 7.09. The molecule has 1 N–H and O–H groups in total. The van der Waals surface area contributed by atoms with Gasteiger partial charge < -0.3 is 5.32 Å². The smallest absolute Gasteiger partial charge is 0.246 e. The van der Waals surface area contributed by atoms with Crippen molar-refractivity contribution in [3.8, 4) is 0 Å². The molecule has 0 saturated carbocycles. The van der Waals surface area contributed by atoms with Crippen molar-refractivity contribution in [3.63, 3.8) is 0 Å². The molecule has 20 heavy (non-hydrogen) atoms. The van der Waals surface area contributed by atoms with Crippen LogP contribution in [0.5, 0.6) is 0 Å². The first-order chi connectivity index (χ1) is 9.28. The molecule has 2 rings (SSSR count). The number of sulfonamides is 1. The molecule has 1 aromatic heterocycles. The van der Waals surface area contributed by atoms with Crippen molar-refractivity contribution < 1.29 is 16.8 Å². The summed E-state index contributed by atoms with van der Waals surface area (Å²) in [6, 6.07) is 0.988. The SMILES string of the molecule is CNc1ccncc1S(=O)(=O)N1CCS(=O)(=O)CC1C. The Kier molecular flexibility index (Phi) is 4.03. The van der Waals surface area contributed by atoms with Crippen LogP contribution in [0, 0.1) is 0 Å². The number of nitrogens with zero attached hydrogens (tertiary/aromatic N) is 2. The number of nitrogens with one attached hydrogen (secondary N) is 1. The van der Waals surface area contributed by atoms with E-state index in [1.165, 1.54) is 16.7 Å². The fourth-order valence-electron chi connectivity index (χ4n) is 2.26. The van der Waals surface area contributed by atoms with Crippen LogP contribution >= 0.6 is 0 Å². The van der Waals surface area contributed by atoms with E-state index >= 15 is 0 Å². The minimum absolute atomic E-state index is 0.0239. The molecule has 0 aliphatic carbocycles. The van der Waals surface area contributed by atoms with Crippen molar-refractivity contribution in [2.45, 2.75) is 17.9 Å². The molecule has 2 heterocycles. The molecular weight excluding hydrogens is 302 g/mol. The first kappa shape index (κ1) is 15.2. The van der Waals surface area contributed by atoms with Crippen LogP contribution in [0.25, 0.3) is 0 Å². The molecule has 1 saturated heterocycles. The van der Waals surface area contributed by atoms with E-state index in [-0.39, 0.29) is 22.9 Å². The average Bonchev–Trinajstić information content (AvgIpc) is 2.37. The summed E-state index contributed by atoms with van der Waals surface area (Å²) in [5, 5.41) is 2.81.